The smallest absolute Gasteiger partial charge is 0.326 e. The number of aryl methyl sites for hydroxylation is 2. The van der Waals surface area contributed by atoms with Crippen LogP contribution in [0.4, 0.5) is 5.69 Å². The number of nitrogens with zero attached hydrogens (tertiary/aromatic N) is 1. The zero-order valence-corrected chi connectivity index (χ0v) is 17.7. The predicted octanol–water partition coefficient (Wildman–Crippen LogP) is 2.35. The van der Waals surface area contributed by atoms with Crippen LogP contribution < -0.4 is 5.32 Å². The molecule has 0 aromatic heterocycles. The summed E-state index contributed by atoms with van der Waals surface area (Å²) in [5, 5.41) is 2.68. The maximum atomic E-state index is 12.6. The van der Waals surface area contributed by atoms with Gasteiger partial charge in [0.25, 0.3) is 5.91 Å². The molecule has 1 N–H and O–H groups in total. The zero-order valence-electron chi connectivity index (χ0n) is 16.1. The van der Waals surface area contributed by atoms with E-state index in [2.05, 4.69) is 21.2 Å². The zero-order chi connectivity index (χ0) is 20.9. The fourth-order valence-electron chi connectivity index (χ4n) is 4.66. The highest BCUT2D eigenvalue weighted by Gasteiger charge is 2.59. The van der Waals surface area contributed by atoms with E-state index in [1.807, 2.05) is 26.0 Å². The van der Waals surface area contributed by atoms with Gasteiger partial charge >= 0.3 is 5.97 Å². The van der Waals surface area contributed by atoms with Crippen molar-refractivity contribution in [3.63, 3.8) is 0 Å². The molecule has 0 radical (unpaired) electrons. The first-order chi connectivity index (χ1) is 13.8. The minimum Gasteiger partial charge on any atom is -0.454 e. The van der Waals surface area contributed by atoms with Gasteiger partial charge in [-0.3, -0.25) is 24.1 Å². The van der Waals surface area contributed by atoms with Crippen LogP contribution in [0.15, 0.2) is 28.8 Å². The van der Waals surface area contributed by atoms with Gasteiger partial charge < -0.3 is 10.1 Å². The average Bonchev–Trinajstić information content (AvgIpc) is 3.34. The van der Waals surface area contributed by atoms with Crippen molar-refractivity contribution in [3.8, 4) is 0 Å². The third-order valence-corrected chi connectivity index (χ3v) is 7.18. The number of halogens is 1. The number of benzene rings is 1. The number of hydrogen-bond acceptors (Lipinski definition) is 5. The number of hydrogen-bond donors (Lipinski definition) is 1. The van der Waals surface area contributed by atoms with Gasteiger partial charge in [-0.1, -0.05) is 28.1 Å². The van der Waals surface area contributed by atoms with Gasteiger partial charge in [0, 0.05) is 10.2 Å². The molecule has 1 aliphatic heterocycles. The van der Waals surface area contributed by atoms with Crippen LogP contribution in [0.3, 0.4) is 0 Å². The molecular weight excluding hydrogens is 440 g/mol. The number of imide groups is 1. The van der Waals surface area contributed by atoms with Crippen LogP contribution in [0.1, 0.15) is 17.5 Å². The average molecular weight is 461 g/mol. The minimum absolute atomic E-state index is 0.0890. The Labute approximate surface area is 176 Å². The first kappa shape index (κ1) is 19.8. The molecule has 1 aromatic rings. The molecular formula is C21H21BrN2O5. The molecule has 1 aromatic carbocycles. The molecule has 29 heavy (non-hydrogen) atoms. The third-order valence-electron chi connectivity index (χ3n) is 5.93. The number of carbonyl (C=O) groups is 4. The van der Waals surface area contributed by atoms with Crippen LogP contribution >= 0.6 is 15.9 Å². The number of fused-ring (bicyclic) bond motifs is 5. The van der Waals surface area contributed by atoms with E-state index in [9.17, 15) is 19.2 Å². The number of allylic oxidation sites excluding steroid dienone is 2. The number of amides is 3. The van der Waals surface area contributed by atoms with Gasteiger partial charge in [-0.05, 0) is 55.4 Å². The normalized spacial score (nSPS) is 26.8. The highest BCUT2D eigenvalue weighted by molar-refractivity contribution is 9.10. The highest BCUT2D eigenvalue weighted by Crippen LogP contribution is 2.52. The van der Waals surface area contributed by atoms with Crippen molar-refractivity contribution in [2.75, 3.05) is 18.5 Å². The van der Waals surface area contributed by atoms with E-state index < -0.39 is 25.0 Å². The largest absolute Gasteiger partial charge is 0.454 e. The van der Waals surface area contributed by atoms with Crippen LogP contribution in [0.5, 0.6) is 0 Å². The minimum atomic E-state index is -0.773. The van der Waals surface area contributed by atoms with Crippen molar-refractivity contribution < 1.29 is 23.9 Å². The first-order valence-corrected chi connectivity index (χ1v) is 10.3. The summed E-state index contributed by atoms with van der Waals surface area (Å²) >= 11 is 3.46. The quantitative estimate of drug-likeness (QED) is 0.413. The molecule has 1 saturated heterocycles. The predicted molar refractivity (Wildman–Crippen MR) is 108 cm³/mol. The molecule has 2 aliphatic carbocycles. The molecule has 3 amide bonds. The van der Waals surface area contributed by atoms with Gasteiger partial charge in [0.2, 0.25) is 11.8 Å². The number of esters is 1. The SMILES string of the molecule is Cc1cc(NC(=O)COC(=O)CN2C(=O)[C@H]3[C@H](C2=O)[C@H]2C=C[C@H]3C2)cc(C)c1Br. The Balaban J connectivity index is 1.30. The van der Waals surface area contributed by atoms with Gasteiger partial charge in [-0.25, -0.2) is 0 Å². The van der Waals surface area contributed by atoms with Crippen LogP contribution in [0, 0.1) is 37.5 Å². The van der Waals surface area contributed by atoms with Crippen LogP contribution in [-0.4, -0.2) is 41.7 Å². The molecule has 2 bridgehead atoms. The topological polar surface area (TPSA) is 92.8 Å². The molecule has 8 heteroatoms. The fourth-order valence-corrected chi connectivity index (χ4v) is 4.88. The summed E-state index contributed by atoms with van der Waals surface area (Å²) in [6.45, 7) is 2.89. The molecule has 1 heterocycles. The Morgan fingerprint density at radius 2 is 1.66 bits per heavy atom. The Bertz CT molecular complexity index is 903. The van der Waals surface area contributed by atoms with Crippen molar-refractivity contribution in [2.45, 2.75) is 20.3 Å². The summed E-state index contributed by atoms with van der Waals surface area (Å²) in [5.74, 6) is -2.40. The van der Waals surface area contributed by atoms with E-state index in [0.717, 1.165) is 26.9 Å². The van der Waals surface area contributed by atoms with E-state index in [1.54, 1.807) is 12.1 Å². The lowest BCUT2D eigenvalue weighted by Gasteiger charge is -2.16. The number of rotatable bonds is 5. The van der Waals surface area contributed by atoms with E-state index in [-0.39, 0.29) is 35.5 Å². The van der Waals surface area contributed by atoms with Crippen molar-refractivity contribution in [1.29, 1.82) is 0 Å². The molecule has 0 spiro atoms. The maximum absolute atomic E-state index is 12.6. The van der Waals surface area contributed by atoms with E-state index in [4.69, 9.17) is 4.74 Å². The van der Waals surface area contributed by atoms with Crippen LogP contribution in [0.2, 0.25) is 0 Å². The summed E-state index contributed by atoms with van der Waals surface area (Å²) in [4.78, 5) is 50.4. The van der Waals surface area contributed by atoms with Crippen LogP contribution in [-0.2, 0) is 23.9 Å². The van der Waals surface area contributed by atoms with E-state index in [0.29, 0.717) is 5.69 Å². The van der Waals surface area contributed by atoms with Gasteiger partial charge in [-0.15, -0.1) is 0 Å². The standard InChI is InChI=1S/C21H21BrN2O5/c1-10-5-14(6-11(2)19(10)22)23-15(25)9-29-16(26)8-24-20(27)17-12-3-4-13(7-12)18(17)21(24)28/h3-6,12-13,17-18H,7-9H2,1-2H3,(H,23,25)/t12-,13-,17+,18+/m0/s1. The lowest BCUT2D eigenvalue weighted by molar-refractivity contribution is -0.154. The number of carbonyl (C=O) groups excluding carboxylic acids is 4. The molecule has 0 unspecified atom stereocenters. The Kier molecular flexibility index (Phi) is 5.06. The maximum Gasteiger partial charge on any atom is 0.326 e. The van der Waals surface area contributed by atoms with E-state index >= 15 is 0 Å². The number of likely N-dealkylation sites (tertiary alicyclic amines) is 1. The molecule has 4 rings (SSSR count). The summed E-state index contributed by atoms with van der Waals surface area (Å²) < 4.78 is 5.96. The summed E-state index contributed by atoms with van der Waals surface area (Å²) in [6.07, 6.45) is 4.82. The molecule has 3 aliphatic rings. The fraction of sp³-hybridized carbons (Fsp3) is 0.429. The molecule has 2 fully saturated rings. The van der Waals surface area contributed by atoms with Crippen molar-refractivity contribution in [1.82, 2.24) is 4.90 Å². The molecule has 1 saturated carbocycles. The monoisotopic (exact) mass is 460 g/mol. The lowest BCUT2D eigenvalue weighted by atomic mass is 9.85. The van der Waals surface area contributed by atoms with Gasteiger partial charge in [-0.2, -0.15) is 0 Å². The van der Waals surface area contributed by atoms with Gasteiger partial charge in [0.15, 0.2) is 6.61 Å². The molecule has 152 valence electrons. The first-order valence-electron chi connectivity index (χ1n) is 9.52. The van der Waals surface area contributed by atoms with E-state index in [1.165, 1.54) is 0 Å². The second-order valence-electron chi connectivity index (χ2n) is 7.90. The van der Waals surface area contributed by atoms with Crippen molar-refractivity contribution in [3.05, 3.63) is 39.9 Å². The van der Waals surface area contributed by atoms with Gasteiger partial charge in [0.1, 0.15) is 6.54 Å². The number of anilines is 1. The Hall–Kier alpha value is -2.48. The summed E-state index contributed by atoms with van der Waals surface area (Å²) in [5.41, 5.74) is 2.54. The number of ether oxygens (including phenoxy) is 1. The Morgan fingerprint density at radius 1 is 1.10 bits per heavy atom. The lowest BCUT2D eigenvalue weighted by Crippen LogP contribution is -2.38. The van der Waals surface area contributed by atoms with Crippen molar-refractivity contribution in [2.24, 2.45) is 23.7 Å². The Morgan fingerprint density at radius 3 is 2.21 bits per heavy atom. The third kappa shape index (κ3) is 3.50. The second-order valence-corrected chi connectivity index (χ2v) is 8.69. The highest BCUT2D eigenvalue weighted by atomic mass is 79.9. The molecule has 4 atom stereocenters. The van der Waals surface area contributed by atoms with Crippen molar-refractivity contribution >= 4 is 45.3 Å². The second kappa shape index (κ2) is 7.40. The molecule has 7 nitrogen and oxygen atoms in total. The number of nitrogens with one attached hydrogen (secondary N) is 1. The summed E-state index contributed by atoms with van der Waals surface area (Å²) in [7, 11) is 0. The van der Waals surface area contributed by atoms with Gasteiger partial charge in [0.05, 0.1) is 11.8 Å². The van der Waals surface area contributed by atoms with Crippen LogP contribution in [0.25, 0.3) is 0 Å². The summed E-state index contributed by atoms with van der Waals surface area (Å²) in [6, 6.07) is 3.61.